The summed E-state index contributed by atoms with van der Waals surface area (Å²) in [7, 11) is -2.97. The van der Waals surface area contributed by atoms with Gasteiger partial charge in [-0.05, 0) is 13.0 Å². The summed E-state index contributed by atoms with van der Waals surface area (Å²) in [5, 5.41) is 3.48. The number of anilines is 1. The van der Waals surface area contributed by atoms with Crippen LogP contribution in [0.3, 0.4) is 0 Å². The van der Waals surface area contributed by atoms with E-state index in [0.29, 0.717) is 29.9 Å². The van der Waals surface area contributed by atoms with Gasteiger partial charge in [0.05, 0.1) is 24.3 Å². The molecule has 1 fully saturated rings. The van der Waals surface area contributed by atoms with Crippen molar-refractivity contribution in [2.45, 2.75) is 19.9 Å². The average Bonchev–Trinajstić information content (AvgIpc) is 2.72. The first-order chi connectivity index (χ1) is 14.8. The number of aromatic nitrogens is 2. The Morgan fingerprint density at radius 3 is 2.61 bits per heavy atom. The molecule has 1 aliphatic rings. The van der Waals surface area contributed by atoms with Crippen molar-refractivity contribution in [1.82, 2.24) is 9.97 Å². The van der Waals surface area contributed by atoms with E-state index in [1.165, 1.54) is 24.3 Å². The van der Waals surface area contributed by atoms with E-state index in [2.05, 4.69) is 15.3 Å². The van der Waals surface area contributed by atoms with Gasteiger partial charge >= 0.3 is 0 Å². The van der Waals surface area contributed by atoms with Crippen molar-refractivity contribution >= 4 is 29.2 Å². The minimum absolute atomic E-state index is 0.0433. The molecule has 1 aromatic heterocycles. The summed E-state index contributed by atoms with van der Waals surface area (Å²) < 4.78 is 73.7. The molecule has 31 heavy (non-hydrogen) atoms. The maximum absolute atomic E-state index is 14.8. The van der Waals surface area contributed by atoms with Crippen LogP contribution in [0.15, 0.2) is 30.3 Å². The second-order valence-electron chi connectivity index (χ2n) is 7.36. The number of nitrogens with one attached hydrogen (secondary N) is 1. The lowest BCUT2D eigenvalue weighted by Crippen LogP contribution is -2.24. The van der Waals surface area contributed by atoms with Crippen LogP contribution in [0.4, 0.5) is 23.4 Å². The molecule has 0 bridgehead atoms. The molecule has 1 aliphatic heterocycles. The van der Waals surface area contributed by atoms with Crippen LogP contribution in [0.1, 0.15) is 23.4 Å². The van der Waals surface area contributed by atoms with Crippen LogP contribution < -0.4 is 10.6 Å². The second-order valence-corrected chi connectivity index (χ2v) is 10.5. The van der Waals surface area contributed by atoms with Crippen molar-refractivity contribution in [2.75, 3.05) is 30.9 Å². The monoisotopic (exact) mass is 453 g/mol. The Morgan fingerprint density at radius 1 is 1.16 bits per heavy atom. The van der Waals surface area contributed by atoms with Crippen molar-refractivity contribution in [3.8, 4) is 0 Å². The Kier molecular flexibility index (Phi) is 5.99. The number of rotatable bonds is 5. The lowest BCUT2D eigenvalue weighted by atomic mass is 10.1. The first kappa shape index (κ1) is 21.7. The molecule has 0 unspecified atom stereocenters. The smallest absolute Gasteiger partial charge is 0.266 e. The Morgan fingerprint density at radius 2 is 1.90 bits per heavy atom. The van der Waals surface area contributed by atoms with Crippen LogP contribution in [-0.4, -0.2) is 35.5 Å². The average molecular weight is 453 g/mol. The van der Waals surface area contributed by atoms with Crippen molar-refractivity contribution in [1.29, 1.82) is 0 Å². The van der Waals surface area contributed by atoms with Gasteiger partial charge < -0.3 is 14.6 Å². The van der Waals surface area contributed by atoms with Gasteiger partial charge in [-0.3, -0.25) is 0 Å². The predicted octanol–water partition coefficient (Wildman–Crippen LogP) is 4.78. The van der Waals surface area contributed by atoms with E-state index in [-0.39, 0.29) is 35.6 Å². The molecule has 0 spiro atoms. The number of nitrogens with zero attached hydrogens (tertiary/aromatic N) is 2. The maximum atomic E-state index is 14.8. The van der Waals surface area contributed by atoms with Crippen LogP contribution in [0.5, 0.6) is 0 Å². The number of fused-ring (bicyclic) bond motifs is 1. The van der Waals surface area contributed by atoms with Crippen LogP contribution in [0.25, 0.3) is 10.9 Å². The highest BCUT2D eigenvalue weighted by Gasteiger charge is 2.31. The molecular weight excluding hydrogens is 433 g/mol. The van der Waals surface area contributed by atoms with Crippen molar-refractivity contribution in [3.05, 3.63) is 58.9 Å². The first-order valence-corrected chi connectivity index (χ1v) is 11.8. The molecule has 0 aliphatic carbocycles. The van der Waals surface area contributed by atoms with Crippen LogP contribution in [0.2, 0.25) is 0 Å². The third-order valence-corrected chi connectivity index (χ3v) is 8.33. The normalized spacial score (nSPS) is 16.1. The Labute approximate surface area is 176 Å². The minimum Gasteiger partial charge on any atom is -0.380 e. The van der Waals surface area contributed by atoms with E-state index in [1.54, 1.807) is 6.92 Å². The Hall–Kier alpha value is -2.51. The van der Waals surface area contributed by atoms with E-state index in [0.717, 1.165) is 6.07 Å². The molecule has 2 aromatic carbocycles. The molecule has 2 heterocycles. The van der Waals surface area contributed by atoms with Gasteiger partial charge in [-0.2, -0.15) is 0 Å². The number of aryl methyl sites for hydroxylation is 1. The van der Waals surface area contributed by atoms with Gasteiger partial charge in [0.1, 0.15) is 30.4 Å². The molecule has 1 N–H and O–H groups in total. The molecule has 0 saturated carbocycles. The van der Waals surface area contributed by atoms with Crippen molar-refractivity contribution in [2.24, 2.45) is 0 Å². The molecule has 1 saturated heterocycles. The van der Waals surface area contributed by atoms with Crippen LogP contribution in [-0.2, 0) is 15.8 Å². The van der Waals surface area contributed by atoms with E-state index in [4.69, 9.17) is 4.74 Å². The highest BCUT2D eigenvalue weighted by molar-refractivity contribution is 7.71. The first-order valence-electron chi connectivity index (χ1n) is 9.72. The fourth-order valence-corrected chi connectivity index (χ4v) is 6.04. The van der Waals surface area contributed by atoms with Crippen molar-refractivity contribution in [3.63, 3.8) is 0 Å². The molecule has 10 heteroatoms. The summed E-state index contributed by atoms with van der Waals surface area (Å²) in [5.74, 6) is -0.956. The second kappa shape index (κ2) is 8.55. The molecule has 0 atom stereocenters. The number of ether oxygens (including phenoxy) is 1. The highest BCUT2D eigenvalue weighted by atomic mass is 31.2. The predicted molar refractivity (Wildman–Crippen MR) is 111 cm³/mol. The molecule has 5 nitrogen and oxygen atoms in total. The summed E-state index contributed by atoms with van der Waals surface area (Å²) in [6.07, 6.45) is -2.43. The zero-order chi connectivity index (χ0) is 22.2. The summed E-state index contributed by atoms with van der Waals surface area (Å²) in [5.41, 5.74) is -0.329. The van der Waals surface area contributed by atoms with Gasteiger partial charge in [0.15, 0.2) is 0 Å². The Bertz CT molecular complexity index is 1180. The number of hydrogen-bond acceptors (Lipinski definition) is 5. The van der Waals surface area contributed by atoms with E-state index in [1.807, 2.05) is 0 Å². The molecule has 0 radical (unpaired) electrons. The van der Waals surface area contributed by atoms with Gasteiger partial charge in [-0.15, -0.1) is 0 Å². The maximum Gasteiger partial charge on any atom is 0.266 e. The summed E-state index contributed by atoms with van der Waals surface area (Å²) in [6, 6.07) is 6.49. The van der Waals surface area contributed by atoms with Gasteiger partial charge in [-0.1, -0.05) is 18.2 Å². The summed E-state index contributed by atoms with van der Waals surface area (Å²) in [6.45, 7) is 2.10. The van der Waals surface area contributed by atoms with Gasteiger partial charge in [-0.25, -0.2) is 27.5 Å². The van der Waals surface area contributed by atoms with E-state index in [9.17, 15) is 22.1 Å². The number of hydrogen-bond donors (Lipinski definition) is 1. The lowest BCUT2D eigenvalue weighted by molar-refractivity contribution is 0.146. The van der Waals surface area contributed by atoms with Gasteiger partial charge in [0, 0.05) is 41.2 Å². The standard InChI is InChI=1S/C21H20F4N3O2P/c1-12-27-17-10-16(22)18(31(29)7-5-30-6-8-31)9-15(17)21(28-12)26-11-13-3-2-4-14(19(13)23)20(24)25/h2-4,9-10,20H,5-8,11H2,1H3,(H,26,27,28). The third-order valence-electron chi connectivity index (χ3n) is 5.30. The minimum atomic E-state index is -2.97. The van der Waals surface area contributed by atoms with Crippen molar-refractivity contribution < 1.29 is 26.9 Å². The van der Waals surface area contributed by atoms with Gasteiger partial charge in [0.2, 0.25) is 0 Å². The number of benzene rings is 2. The fraction of sp³-hybridized carbons (Fsp3) is 0.333. The number of alkyl halides is 2. The highest BCUT2D eigenvalue weighted by Crippen LogP contribution is 2.47. The zero-order valence-electron chi connectivity index (χ0n) is 16.7. The SMILES string of the molecule is Cc1nc(NCc2cccc(C(F)F)c2F)c2cc(P3(=O)CCOCC3)c(F)cc2n1. The molecule has 0 amide bonds. The molecule has 3 aromatic rings. The van der Waals surface area contributed by atoms with Crippen LogP contribution in [0, 0.1) is 18.6 Å². The lowest BCUT2D eigenvalue weighted by Gasteiger charge is -2.24. The molecule has 164 valence electrons. The quantitative estimate of drug-likeness (QED) is 0.445. The molecular formula is C21H20F4N3O2P. The summed E-state index contributed by atoms with van der Waals surface area (Å²) >= 11 is 0. The number of halogens is 4. The summed E-state index contributed by atoms with van der Waals surface area (Å²) in [4.78, 5) is 8.55. The third kappa shape index (κ3) is 4.29. The largest absolute Gasteiger partial charge is 0.380 e. The molecule has 4 rings (SSSR count). The van der Waals surface area contributed by atoms with Gasteiger partial charge in [0.25, 0.3) is 6.43 Å². The van der Waals surface area contributed by atoms with Crippen LogP contribution >= 0.6 is 7.14 Å². The Balaban J connectivity index is 1.73. The zero-order valence-corrected chi connectivity index (χ0v) is 17.6. The fourth-order valence-electron chi connectivity index (χ4n) is 3.66. The van der Waals surface area contributed by atoms with E-state index < -0.39 is 30.8 Å². The topological polar surface area (TPSA) is 64.1 Å². The van der Waals surface area contributed by atoms with E-state index >= 15 is 0 Å².